The highest BCUT2D eigenvalue weighted by atomic mass is 14.9. The van der Waals surface area contributed by atoms with Gasteiger partial charge in [-0.05, 0) is 48.8 Å². The van der Waals surface area contributed by atoms with Crippen molar-refractivity contribution in [1.82, 2.24) is 0 Å². The number of nitrogens with one attached hydrogen (secondary N) is 1. The van der Waals surface area contributed by atoms with E-state index in [2.05, 4.69) is 38.2 Å². The van der Waals surface area contributed by atoms with Crippen molar-refractivity contribution >= 4 is 5.69 Å². The number of hydrogen-bond acceptors (Lipinski definition) is 2. The van der Waals surface area contributed by atoms with E-state index in [0.29, 0.717) is 12.0 Å². The molecule has 0 aromatic heterocycles. The van der Waals surface area contributed by atoms with Crippen LogP contribution in [0.3, 0.4) is 0 Å². The molecule has 0 amide bonds. The number of rotatable bonds is 3. The quantitative estimate of drug-likeness (QED) is 0.868. The van der Waals surface area contributed by atoms with Crippen molar-refractivity contribution in [3.63, 3.8) is 0 Å². The van der Waals surface area contributed by atoms with Crippen LogP contribution in [0.25, 0.3) is 0 Å². The number of nitrogens with zero attached hydrogens (tertiary/aromatic N) is 1. The van der Waals surface area contributed by atoms with Gasteiger partial charge in [0.25, 0.3) is 0 Å². The smallest absolute Gasteiger partial charge is 0.0992 e. The normalized spacial score (nSPS) is 27.0. The van der Waals surface area contributed by atoms with Crippen LogP contribution in [-0.2, 0) is 0 Å². The third kappa shape index (κ3) is 3.50. The Morgan fingerprint density at radius 2 is 2.11 bits per heavy atom. The van der Waals surface area contributed by atoms with Crippen LogP contribution < -0.4 is 5.32 Å². The first-order valence-corrected chi connectivity index (χ1v) is 7.37. The van der Waals surface area contributed by atoms with Gasteiger partial charge in [0.15, 0.2) is 0 Å². The fourth-order valence-electron chi connectivity index (χ4n) is 3.26. The van der Waals surface area contributed by atoms with Crippen LogP contribution in [0.15, 0.2) is 24.3 Å². The predicted octanol–water partition coefficient (Wildman–Crippen LogP) is 4.43. The summed E-state index contributed by atoms with van der Waals surface area (Å²) in [5, 5.41) is 12.6. The summed E-state index contributed by atoms with van der Waals surface area (Å²) in [6.45, 7) is 6.99. The van der Waals surface area contributed by atoms with Crippen molar-refractivity contribution in [1.29, 1.82) is 5.26 Å². The molecule has 1 aliphatic carbocycles. The minimum absolute atomic E-state index is 0.540. The highest BCUT2D eigenvalue weighted by Crippen LogP contribution is 2.35. The molecule has 2 heteroatoms. The Morgan fingerprint density at radius 3 is 2.79 bits per heavy atom. The number of hydrogen-bond donors (Lipinski definition) is 1. The summed E-state index contributed by atoms with van der Waals surface area (Å²) in [5.41, 5.74) is 1.82. The van der Waals surface area contributed by atoms with E-state index in [4.69, 9.17) is 5.26 Å². The Balaban J connectivity index is 2.12. The fourth-order valence-corrected chi connectivity index (χ4v) is 3.26. The van der Waals surface area contributed by atoms with E-state index in [0.717, 1.165) is 23.1 Å². The summed E-state index contributed by atoms with van der Waals surface area (Å²) in [5.74, 6) is 2.25. The second kappa shape index (κ2) is 6.10. The van der Waals surface area contributed by atoms with Crippen molar-refractivity contribution in [3.05, 3.63) is 29.8 Å². The van der Waals surface area contributed by atoms with E-state index in [-0.39, 0.29) is 0 Å². The summed E-state index contributed by atoms with van der Waals surface area (Å²) in [6.07, 6.45) is 3.90. The molecule has 1 aromatic rings. The minimum Gasteiger partial charge on any atom is -0.382 e. The van der Waals surface area contributed by atoms with Gasteiger partial charge >= 0.3 is 0 Å². The molecule has 0 radical (unpaired) electrons. The molecule has 2 rings (SSSR count). The van der Waals surface area contributed by atoms with Crippen molar-refractivity contribution in [2.24, 2.45) is 17.8 Å². The van der Waals surface area contributed by atoms with Crippen LogP contribution in [0.4, 0.5) is 5.69 Å². The summed E-state index contributed by atoms with van der Waals surface area (Å²) in [6, 6.07) is 10.6. The molecule has 0 saturated heterocycles. The molecule has 0 aliphatic heterocycles. The van der Waals surface area contributed by atoms with Gasteiger partial charge in [-0.1, -0.05) is 33.3 Å². The van der Waals surface area contributed by atoms with Crippen LogP contribution in [-0.4, -0.2) is 6.04 Å². The third-order valence-corrected chi connectivity index (χ3v) is 4.37. The molecule has 102 valence electrons. The first kappa shape index (κ1) is 13.9. The molecule has 3 atom stereocenters. The Kier molecular flexibility index (Phi) is 4.47. The van der Waals surface area contributed by atoms with Crippen LogP contribution in [0, 0.1) is 29.1 Å². The lowest BCUT2D eigenvalue weighted by Crippen LogP contribution is -2.37. The van der Waals surface area contributed by atoms with Gasteiger partial charge in [-0.2, -0.15) is 5.26 Å². The van der Waals surface area contributed by atoms with Gasteiger partial charge in [0.2, 0.25) is 0 Å². The first-order valence-electron chi connectivity index (χ1n) is 7.37. The largest absolute Gasteiger partial charge is 0.382 e. The molecule has 1 aromatic carbocycles. The molecule has 1 aliphatic rings. The number of benzene rings is 1. The number of anilines is 1. The third-order valence-electron chi connectivity index (χ3n) is 4.37. The highest BCUT2D eigenvalue weighted by Gasteiger charge is 2.30. The predicted molar refractivity (Wildman–Crippen MR) is 79.9 cm³/mol. The van der Waals surface area contributed by atoms with E-state index in [9.17, 15) is 0 Å². The minimum atomic E-state index is 0.540. The Morgan fingerprint density at radius 1 is 1.32 bits per heavy atom. The van der Waals surface area contributed by atoms with Crippen LogP contribution >= 0.6 is 0 Å². The average molecular weight is 256 g/mol. The summed E-state index contributed by atoms with van der Waals surface area (Å²) >= 11 is 0. The molecule has 0 heterocycles. The maximum Gasteiger partial charge on any atom is 0.0992 e. The Hall–Kier alpha value is -1.49. The van der Waals surface area contributed by atoms with Gasteiger partial charge in [0, 0.05) is 11.7 Å². The van der Waals surface area contributed by atoms with E-state index in [1.54, 1.807) is 0 Å². The van der Waals surface area contributed by atoms with Crippen molar-refractivity contribution in [3.8, 4) is 6.07 Å². The molecule has 1 N–H and O–H groups in total. The standard InChI is InChI=1S/C17H24N2/c1-12(2)16-8-7-13(3)9-17(16)19-15-6-4-5-14(10-15)11-18/h4-6,10,12-13,16-17,19H,7-9H2,1-3H3. The van der Waals surface area contributed by atoms with Crippen molar-refractivity contribution in [2.75, 3.05) is 5.32 Å². The van der Waals surface area contributed by atoms with Gasteiger partial charge < -0.3 is 5.32 Å². The summed E-state index contributed by atoms with van der Waals surface area (Å²) < 4.78 is 0. The molecular weight excluding hydrogens is 232 g/mol. The lowest BCUT2D eigenvalue weighted by atomic mass is 9.74. The lowest BCUT2D eigenvalue weighted by Gasteiger charge is -2.38. The molecule has 1 fully saturated rings. The molecule has 0 bridgehead atoms. The number of nitriles is 1. The monoisotopic (exact) mass is 256 g/mol. The fraction of sp³-hybridized carbons (Fsp3) is 0.588. The molecule has 2 nitrogen and oxygen atoms in total. The second-order valence-corrected chi connectivity index (χ2v) is 6.27. The Bertz CT molecular complexity index is 459. The SMILES string of the molecule is CC1CCC(C(C)C)C(Nc2cccc(C#N)c2)C1. The van der Waals surface area contributed by atoms with Crippen molar-refractivity contribution < 1.29 is 0 Å². The maximum absolute atomic E-state index is 8.97. The van der Waals surface area contributed by atoms with E-state index >= 15 is 0 Å². The zero-order valence-corrected chi connectivity index (χ0v) is 12.2. The van der Waals surface area contributed by atoms with Crippen molar-refractivity contribution in [2.45, 2.75) is 46.1 Å². The average Bonchev–Trinajstić information content (AvgIpc) is 2.38. The van der Waals surface area contributed by atoms with Gasteiger partial charge in [-0.15, -0.1) is 0 Å². The van der Waals surface area contributed by atoms with Crippen LogP contribution in [0.1, 0.15) is 45.6 Å². The molecule has 1 saturated carbocycles. The Labute approximate surface area is 116 Å². The summed E-state index contributed by atoms with van der Waals surface area (Å²) in [4.78, 5) is 0. The van der Waals surface area contributed by atoms with Gasteiger partial charge in [-0.3, -0.25) is 0 Å². The maximum atomic E-state index is 8.97. The highest BCUT2D eigenvalue weighted by molar-refractivity contribution is 5.49. The first-order chi connectivity index (χ1) is 9.10. The molecule has 3 unspecified atom stereocenters. The molecule has 0 spiro atoms. The molecule has 19 heavy (non-hydrogen) atoms. The summed E-state index contributed by atoms with van der Waals surface area (Å²) in [7, 11) is 0. The zero-order chi connectivity index (χ0) is 13.8. The van der Waals surface area contributed by atoms with E-state index in [1.807, 2.05) is 18.2 Å². The zero-order valence-electron chi connectivity index (χ0n) is 12.2. The molecular formula is C17H24N2. The van der Waals surface area contributed by atoms with Gasteiger partial charge in [-0.25, -0.2) is 0 Å². The second-order valence-electron chi connectivity index (χ2n) is 6.27. The van der Waals surface area contributed by atoms with Crippen LogP contribution in [0.2, 0.25) is 0 Å². The van der Waals surface area contributed by atoms with Gasteiger partial charge in [0.05, 0.1) is 11.6 Å². The van der Waals surface area contributed by atoms with Gasteiger partial charge in [0.1, 0.15) is 0 Å². The van der Waals surface area contributed by atoms with E-state index in [1.165, 1.54) is 19.3 Å². The lowest BCUT2D eigenvalue weighted by molar-refractivity contribution is 0.212. The van der Waals surface area contributed by atoms with E-state index < -0.39 is 0 Å². The van der Waals surface area contributed by atoms with Crippen LogP contribution in [0.5, 0.6) is 0 Å². The topological polar surface area (TPSA) is 35.8 Å².